The minimum atomic E-state index is -0.513. The van der Waals surface area contributed by atoms with Crippen molar-refractivity contribution in [2.75, 3.05) is 6.61 Å². The topological polar surface area (TPSA) is 47.2 Å². The molecule has 0 saturated heterocycles. The fourth-order valence-electron chi connectivity index (χ4n) is 10.1. The van der Waals surface area contributed by atoms with Crippen LogP contribution in [-0.4, -0.2) is 15.7 Å². The zero-order valence-electron chi connectivity index (χ0n) is 33.6. The lowest BCUT2D eigenvalue weighted by Gasteiger charge is -2.25. The van der Waals surface area contributed by atoms with Crippen molar-refractivity contribution in [2.24, 2.45) is 0 Å². The molecule has 0 aliphatic carbocycles. The molecule has 9 aromatic carbocycles. The smallest absolute Gasteiger partial charge is 0.233 e. The van der Waals surface area contributed by atoms with Crippen LogP contribution in [0.25, 0.3) is 104 Å². The second kappa shape index (κ2) is 12.9. The molecule has 12 rings (SSSR count). The summed E-state index contributed by atoms with van der Waals surface area (Å²) in [6, 6.07) is 62.3. The molecule has 1 aliphatic heterocycles. The fourth-order valence-corrected chi connectivity index (χ4v) is 10.1. The van der Waals surface area contributed by atoms with Gasteiger partial charge in [-0.3, -0.25) is 0 Å². The predicted octanol–water partition coefficient (Wildman–Crippen LogP) is 14.6. The van der Waals surface area contributed by atoms with Crippen LogP contribution < -0.4 is 4.74 Å². The minimum absolute atomic E-state index is 0.268. The van der Waals surface area contributed by atoms with Gasteiger partial charge in [0.2, 0.25) is 5.69 Å². The van der Waals surface area contributed by atoms with E-state index >= 15 is 0 Å². The van der Waals surface area contributed by atoms with Gasteiger partial charge in [-0.25, -0.2) is 4.85 Å². The van der Waals surface area contributed by atoms with Crippen LogP contribution >= 0.6 is 0 Å². The highest BCUT2D eigenvalue weighted by molar-refractivity contribution is 6.24. The molecule has 3 heterocycles. The average Bonchev–Trinajstić information content (AvgIpc) is 3.94. The molecule has 0 amide bonds. The normalized spacial score (nSPS) is 13.2. The Balaban J connectivity index is 1.23. The Morgan fingerprint density at radius 3 is 1.52 bits per heavy atom. The van der Waals surface area contributed by atoms with E-state index in [1.54, 1.807) is 0 Å². The Morgan fingerprint density at radius 1 is 0.541 bits per heavy atom. The molecule has 5 nitrogen and oxygen atoms in total. The van der Waals surface area contributed by atoms with Crippen molar-refractivity contribution in [2.45, 2.75) is 19.3 Å². The molecule has 0 bridgehead atoms. The molecular formula is C56H36N4O. The molecule has 0 N–H and O–H groups in total. The van der Waals surface area contributed by atoms with Crippen molar-refractivity contribution in [1.82, 2.24) is 9.13 Å². The van der Waals surface area contributed by atoms with Crippen molar-refractivity contribution in [3.8, 4) is 45.4 Å². The molecule has 61 heavy (non-hydrogen) atoms. The molecular weight excluding hydrogens is 745 g/mol. The van der Waals surface area contributed by atoms with Crippen molar-refractivity contribution in [3.63, 3.8) is 0 Å². The van der Waals surface area contributed by atoms with Gasteiger partial charge in [0.1, 0.15) is 5.75 Å². The number of hydrogen-bond donors (Lipinski definition) is 0. The number of benzene rings is 9. The Bertz CT molecular complexity index is 3750. The van der Waals surface area contributed by atoms with Crippen LogP contribution in [-0.2, 0) is 5.41 Å². The van der Waals surface area contributed by atoms with Crippen LogP contribution in [0, 0.1) is 17.9 Å². The predicted molar refractivity (Wildman–Crippen MR) is 251 cm³/mol. The lowest BCUT2D eigenvalue weighted by Crippen LogP contribution is -2.21. The number of ether oxygens (including phenoxy) is 1. The van der Waals surface area contributed by atoms with Crippen LogP contribution in [0.1, 0.15) is 25.0 Å². The lowest BCUT2D eigenvalue weighted by atomic mass is 9.83. The minimum Gasteiger partial charge on any atom is -0.491 e. The first-order chi connectivity index (χ1) is 29.9. The van der Waals surface area contributed by atoms with Gasteiger partial charge in [-0.05, 0) is 80.2 Å². The molecule has 0 radical (unpaired) electrons. The maximum Gasteiger partial charge on any atom is 0.233 e. The van der Waals surface area contributed by atoms with Gasteiger partial charge >= 0.3 is 0 Å². The molecule has 0 saturated carbocycles. The maximum atomic E-state index is 11.5. The molecule has 286 valence electrons. The maximum absolute atomic E-state index is 11.5. The van der Waals surface area contributed by atoms with E-state index in [2.05, 4.69) is 192 Å². The van der Waals surface area contributed by atoms with Gasteiger partial charge in [0.05, 0.1) is 58.3 Å². The van der Waals surface area contributed by atoms with Gasteiger partial charge in [0.25, 0.3) is 0 Å². The summed E-state index contributed by atoms with van der Waals surface area (Å²) in [6.07, 6.45) is 0. The first-order valence-electron chi connectivity index (χ1n) is 20.6. The van der Waals surface area contributed by atoms with Crippen molar-refractivity contribution < 1.29 is 4.74 Å². The lowest BCUT2D eigenvalue weighted by molar-refractivity contribution is 0.291. The SMILES string of the molecule is [C-]#[N+]c1c(C#N)c(-n2c3ccc(-c4ccccc4)cc3c3c4ccccc4ccc32)c2c(c1-n1c3ccc(-c4ccccc4)cc3c3c4ccccc4ccc31)OCC2(C)C. The molecule has 2 aromatic heterocycles. The van der Waals surface area contributed by atoms with E-state index < -0.39 is 5.41 Å². The fraction of sp³-hybridized carbons (Fsp3) is 0.0714. The molecule has 1 aliphatic rings. The van der Waals surface area contributed by atoms with Gasteiger partial charge in [-0.2, -0.15) is 5.26 Å². The third kappa shape index (κ3) is 4.93. The van der Waals surface area contributed by atoms with E-state index in [0.717, 1.165) is 93.0 Å². The van der Waals surface area contributed by atoms with E-state index in [0.29, 0.717) is 29.3 Å². The average molecular weight is 781 g/mol. The quantitative estimate of drug-likeness (QED) is 0.167. The standard InChI is InChI=1S/C56H36N4O/c1-56(2)33-61-55-51(56)53(59-45-26-24-38(34-14-6-4-7-15-34)30-42(45)49-40-20-12-10-18-36(40)22-28-47(49)59)44(32-57)52(58-3)54(55)60-46-27-25-39(35-16-8-5-9-17-35)31-43(46)50-41-21-13-11-19-37(41)23-29-48(50)60/h4-31H,33H2,1-2H3. The summed E-state index contributed by atoms with van der Waals surface area (Å²) >= 11 is 0. The molecule has 0 spiro atoms. The Morgan fingerprint density at radius 2 is 1.02 bits per heavy atom. The summed E-state index contributed by atoms with van der Waals surface area (Å²) in [6.45, 7) is 13.7. The van der Waals surface area contributed by atoms with Gasteiger partial charge in [-0.1, -0.05) is 147 Å². The number of aromatic nitrogens is 2. The van der Waals surface area contributed by atoms with Crippen LogP contribution in [0.4, 0.5) is 5.69 Å². The Kier molecular flexibility index (Phi) is 7.40. The van der Waals surface area contributed by atoms with Crippen LogP contribution in [0.15, 0.2) is 170 Å². The first-order valence-corrected chi connectivity index (χ1v) is 20.6. The van der Waals surface area contributed by atoms with Gasteiger partial charge in [0, 0.05) is 32.5 Å². The second-order valence-corrected chi connectivity index (χ2v) is 16.7. The largest absolute Gasteiger partial charge is 0.491 e. The zero-order valence-corrected chi connectivity index (χ0v) is 33.6. The van der Waals surface area contributed by atoms with E-state index in [9.17, 15) is 5.26 Å². The highest BCUT2D eigenvalue weighted by atomic mass is 16.5. The molecule has 0 atom stereocenters. The number of hydrogen-bond acceptors (Lipinski definition) is 2. The van der Waals surface area contributed by atoms with Crippen molar-refractivity contribution >= 4 is 70.8 Å². The van der Waals surface area contributed by atoms with E-state index in [1.807, 2.05) is 12.1 Å². The first kappa shape index (κ1) is 34.9. The van der Waals surface area contributed by atoms with E-state index in [-0.39, 0.29) is 5.69 Å². The number of fused-ring (bicyclic) bond motifs is 11. The van der Waals surface area contributed by atoms with Crippen LogP contribution in [0.2, 0.25) is 0 Å². The summed E-state index contributed by atoms with van der Waals surface area (Å²) in [5.74, 6) is 0.640. The van der Waals surface area contributed by atoms with E-state index in [1.165, 1.54) is 0 Å². The van der Waals surface area contributed by atoms with Crippen molar-refractivity contribution in [1.29, 1.82) is 5.26 Å². The Hall–Kier alpha value is -8.12. The third-order valence-corrected chi connectivity index (χ3v) is 12.8. The molecule has 11 aromatic rings. The monoisotopic (exact) mass is 780 g/mol. The highest BCUT2D eigenvalue weighted by Crippen LogP contribution is 2.55. The number of rotatable bonds is 4. The van der Waals surface area contributed by atoms with Crippen molar-refractivity contribution in [3.05, 3.63) is 192 Å². The van der Waals surface area contributed by atoms with Crippen LogP contribution in [0.5, 0.6) is 5.75 Å². The number of nitriles is 1. The summed E-state index contributed by atoms with van der Waals surface area (Å²) in [7, 11) is 0. The molecule has 5 heteroatoms. The molecule has 0 unspecified atom stereocenters. The summed E-state index contributed by atoms with van der Waals surface area (Å²) < 4.78 is 11.3. The third-order valence-electron chi connectivity index (χ3n) is 12.8. The second-order valence-electron chi connectivity index (χ2n) is 16.7. The summed E-state index contributed by atoms with van der Waals surface area (Å²) in [5, 5.41) is 20.4. The highest BCUT2D eigenvalue weighted by Gasteiger charge is 2.42. The van der Waals surface area contributed by atoms with E-state index in [4.69, 9.17) is 11.3 Å². The summed E-state index contributed by atoms with van der Waals surface area (Å²) in [4.78, 5) is 4.31. The number of nitrogens with zero attached hydrogens (tertiary/aromatic N) is 4. The van der Waals surface area contributed by atoms with Gasteiger partial charge in [-0.15, -0.1) is 0 Å². The Labute approximate surface area is 352 Å². The van der Waals surface area contributed by atoms with Crippen LogP contribution in [0.3, 0.4) is 0 Å². The zero-order chi connectivity index (χ0) is 41.0. The van der Waals surface area contributed by atoms with Gasteiger partial charge in [0.15, 0.2) is 0 Å². The summed E-state index contributed by atoms with van der Waals surface area (Å²) in [5.41, 5.74) is 10.6. The molecule has 0 fully saturated rings. The van der Waals surface area contributed by atoms with Gasteiger partial charge < -0.3 is 13.9 Å².